The van der Waals surface area contributed by atoms with Crippen molar-refractivity contribution in [2.45, 2.75) is 165 Å². The summed E-state index contributed by atoms with van der Waals surface area (Å²) in [6.07, 6.45) is 18.0. The molecule has 0 aliphatic rings. The Balaban J connectivity index is 1.20. The van der Waals surface area contributed by atoms with E-state index in [0.717, 1.165) is 135 Å². The molecule has 10 nitrogen and oxygen atoms in total. The van der Waals surface area contributed by atoms with Crippen LogP contribution in [0.4, 0.5) is 22.7 Å². The van der Waals surface area contributed by atoms with Gasteiger partial charge in [0.15, 0.2) is 11.5 Å². The first-order chi connectivity index (χ1) is 37.5. The smallest absolute Gasteiger partial charge is 0.257 e. The normalized spacial score (nSPS) is 13.4. The minimum Gasteiger partial charge on any atom is -0.505 e. The number of carbonyl (C=O) groups is 2. The van der Waals surface area contributed by atoms with Gasteiger partial charge >= 0.3 is 0 Å². The predicted octanol–water partition coefficient (Wildman–Crippen LogP) is 19.6. The summed E-state index contributed by atoms with van der Waals surface area (Å²) in [7, 11) is 0. The lowest BCUT2D eigenvalue weighted by atomic mass is 9.94. The number of unbranched alkanes of at least 4 members (excludes halogenated alkanes) is 4. The van der Waals surface area contributed by atoms with Crippen LogP contribution >= 0.6 is 0 Å². The zero-order valence-corrected chi connectivity index (χ0v) is 47.9. The summed E-state index contributed by atoms with van der Waals surface area (Å²) in [5.41, 5.74) is 4.51. The molecule has 2 N–H and O–H groups in total. The van der Waals surface area contributed by atoms with E-state index in [9.17, 15) is 19.8 Å². The Kier molecular flexibility index (Phi) is 24.2. The second kappa shape index (κ2) is 31.1. The van der Waals surface area contributed by atoms with Gasteiger partial charge < -0.3 is 20.0 Å². The Bertz CT molecular complexity index is 2610. The average Bonchev–Trinajstić information content (AvgIpc) is 3.48. The highest BCUT2D eigenvalue weighted by Gasteiger charge is 2.29. The second-order valence-electron chi connectivity index (χ2n) is 21.7. The summed E-state index contributed by atoms with van der Waals surface area (Å²) in [5, 5.41) is 45.5. The van der Waals surface area contributed by atoms with E-state index in [-0.39, 0.29) is 45.8 Å². The van der Waals surface area contributed by atoms with E-state index in [0.29, 0.717) is 67.6 Å². The minimum absolute atomic E-state index is 0.141. The first-order valence-electron chi connectivity index (χ1n) is 29.6. The van der Waals surface area contributed by atoms with Crippen molar-refractivity contribution in [2.75, 3.05) is 26.2 Å². The topological polar surface area (TPSA) is 131 Å². The molecule has 77 heavy (non-hydrogen) atoms. The monoisotopic (exact) mass is 1040 g/mol. The third-order valence-electron chi connectivity index (χ3n) is 15.9. The maximum Gasteiger partial charge on any atom is 0.257 e. The molecule has 4 unspecified atom stereocenters. The molecule has 4 atom stereocenters. The van der Waals surface area contributed by atoms with Crippen LogP contribution in [0.1, 0.15) is 190 Å². The summed E-state index contributed by atoms with van der Waals surface area (Å²) >= 11 is 0. The number of amides is 2. The van der Waals surface area contributed by atoms with Crippen LogP contribution in [0.15, 0.2) is 130 Å². The Labute approximate surface area is 461 Å². The number of phenols is 2. The van der Waals surface area contributed by atoms with Gasteiger partial charge in [-0.05, 0) is 114 Å². The predicted molar refractivity (Wildman–Crippen MR) is 320 cm³/mol. The summed E-state index contributed by atoms with van der Waals surface area (Å²) in [6, 6.07) is 34.8. The molecular formula is C67H90N6O4. The molecule has 0 heterocycles. The van der Waals surface area contributed by atoms with Gasteiger partial charge in [0.25, 0.3) is 11.8 Å². The fourth-order valence-electron chi connectivity index (χ4n) is 10.7. The van der Waals surface area contributed by atoms with Crippen molar-refractivity contribution in [3.05, 3.63) is 131 Å². The summed E-state index contributed by atoms with van der Waals surface area (Å²) in [6.45, 7) is 20.4. The number of phenolic OH excluding ortho intramolecular Hbond substituents is 2. The maximum absolute atomic E-state index is 14.7. The summed E-state index contributed by atoms with van der Waals surface area (Å²) in [4.78, 5) is 33.3. The first kappa shape index (κ1) is 59.8. The van der Waals surface area contributed by atoms with Gasteiger partial charge in [-0.3, -0.25) is 9.59 Å². The molecule has 6 aromatic carbocycles. The van der Waals surface area contributed by atoms with E-state index in [4.69, 9.17) is 0 Å². The number of aromatic hydroxyl groups is 2. The third kappa shape index (κ3) is 16.8. The number of rotatable bonds is 32. The molecule has 6 aromatic rings. The van der Waals surface area contributed by atoms with Crippen molar-refractivity contribution in [3.8, 4) is 11.5 Å². The van der Waals surface area contributed by atoms with Gasteiger partial charge in [-0.15, -0.1) is 10.2 Å². The summed E-state index contributed by atoms with van der Waals surface area (Å²) < 4.78 is 0. The highest BCUT2D eigenvalue weighted by molar-refractivity contribution is 6.08. The summed E-state index contributed by atoms with van der Waals surface area (Å²) in [5.74, 6) is 0.983. The molecule has 10 heteroatoms. The lowest BCUT2D eigenvalue weighted by molar-refractivity contribution is 0.0675. The Hall–Kier alpha value is -6.42. The van der Waals surface area contributed by atoms with Gasteiger partial charge in [-0.25, -0.2) is 0 Å². The van der Waals surface area contributed by atoms with Gasteiger partial charge in [0.05, 0.1) is 22.5 Å². The molecule has 0 radical (unpaired) electrons. The van der Waals surface area contributed by atoms with Crippen molar-refractivity contribution >= 4 is 56.1 Å². The van der Waals surface area contributed by atoms with Gasteiger partial charge in [0.1, 0.15) is 11.4 Å². The Morgan fingerprint density at radius 1 is 0.429 bits per heavy atom. The lowest BCUT2D eigenvalue weighted by Crippen LogP contribution is -2.39. The molecule has 412 valence electrons. The van der Waals surface area contributed by atoms with Crippen LogP contribution in [-0.4, -0.2) is 58.0 Å². The van der Waals surface area contributed by atoms with E-state index in [1.165, 1.54) is 0 Å². The van der Waals surface area contributed by atoms with Crippen molar-refractivity contribution in [1.82, 2.24) is 9.80 Å². The number of carbonyl (C=O) groups excluding carboxylic acids is 2. The zero-order chi connectivity index (χ0) is 55.1. The fourth-order valence-corrected chi connectivity index (χ4v) is 10.7. The van der Waals surface area contributed by atoms with E-state index >= 15 is 0 Å². The molecule has 0 bridgehead atoms. The number of nitrogens with zero attached hydrogens (tertiary/aromatic N) is 6. The van der Waals surface area contributed by atoms with Crippen LogP contribution in [0, 0.1) is 23.7 Å². The molecule has 0 aromatic heterocycles. The van der Waals surface area contributed by atoms with E-state index < -0.39 is 0 Å². The highest BCUT2D eigenvalue weighted by atomic mass is 16.3. The molecule has 0 fully saturated rings. The standard InChI is InChI=1S/C67H90N6O4/c1-9-17-25-48(13-5)44-72(45-49(14-6)26-18-10-2)66(76)60-42-54-29-21-23-31-58(54)62(64(60)74)70-68-56-37-33-52(34-38-56)41-53-35-39-57(40-36-53)69-71-63-59-32-24-22-30-55(59)43-61(65(63)75)67(77)73(46-50(15-7)27-19-11-3)47-51(16-8)28-20-12-4/h21-24,29-40,42-43,48-51,74-75H,9-20,25-28,41,44-47H2,1-8H3/b70-68+,71-69+. The maximum atomic E-state index is 14.7. The highest BCUT2D eigenvalue weighted by Crippen LogP contribution is 2.42. The quantitative estimate of drug-likeness (QED) is 0.0407. The number of fused-ring (bicyclic) bond motifs is 2. The number of hydrogen-bond acceptors (Lipinski definition) is 8. The minimum atomic E-state index is -0.153. The average molecular weight is 1040 g/mol. The van der Waals surface area contributed by atoms with Crippen LogP contribution in [0.2, 0.25) is 0 Å². The largest absolute Gasteiger partial charge is 0.505 e. The van der Waals surface area contributed by atoms with Crippen LogP contribution < -0.4 is 0 Å². The van der Waals surface area contributed by atoms with E-state index in [1.54, 1.807) is 0 Å². The SMILES string of the molecule is CCCCC(CC)CN(CC(CC)CCCC)C(=O)c1cc2ccccc2c(/N=N/c2ccc(Cc3ccc(/N=N/c4c(O)c(C(=O)N(CC(CC)CCCC)CC(CC)CCCC)cc5ccccc45)cc3)cc2)c1O. The molecular weight excluding hydrogens is 953 g/mol. The zero-order valence-electron chi connectivity index (χ0n) is 47.9. The molecule has 0 saturated heterocycles. The number of hydrogen-bond donors (Lipinski definition) is 2. The van der Waals surface area contributed by atoms with Crippen molar-refractivity contribution < 1.29 is 19.8 Å². The van der Waals surface area contributed by atoms with Crippen LogP contribution in [0.5, 0.6) is 11.5 Å². The number of benzene rings is 6. The molecule has 0 saturated carbocycles. The fraction of sp³-hybridized carbons (Fsp3) is 0.493. The van der Waals surface area contributed by atoms with Gasteiger partial charge in [0.2, 0.25) is 0 Å². The van der Waals surface area contributed by atoms with Crippen LogP contribution in [0.25, 0.3) is 21.5 Å². The van der Waals surface area contributed by atoms with E-state index in [1.807, 2.05) is 119 Å². The third-order valence-corrected chi connectivity index (χ3v) is 15.9. The van der Waals surface area contributed by atoms with Crippen molar-refractivity contribution in [3.63, 3.8) is 0 Å². The van der Waals surface area contributed by atoms with Gasteiger partial charge in [-0.1, -0.05) is 205 Å². The van der Waals surface area contributed by atoms with Crippen molar-refractivity contribution in [1.29, 1.82) is 0 Å². The molecule has 0 spiro atoms. The van der Waals surface area contributed by atoms with E-state index in [2.05, 4.69) is 75.8 Å². The van der Waals surface area contributed by atoms with Crippen molar-refractivity contribution in [2.24, 2.45) is 44.1 Å². The Morgan fingerprint density at radius 2 is 0.740 bits per heavy atom. The molecule has 2 amide bonds. The molecule has 6 rings (SSSR count). The Morgan fingerprint density at radius 3 is 1.04 bits per heavy atom. The molecule has 0 aliphatic heterocycles. The first-order valence-corrected chi connectivity index (χ1v) is 29.6. The number of azo groups is 2. The van der Waals surface area contributed by atoms with Crippen LogP contribution in [0.3, 0.4) is 0 Å². The van der Waals surface area contributed by atoms with Gasteiger partial charge in [0, 0.05) is 37.0 Å². The molecule has 0 aliphatic carbocycles. The van der Waals surface area contributed by atoms with Crippen LogP contribution in [-0.2, 0) is 6.42 Å². The second-order valence-corrected chi connectivity index (χ2v) is 21.7. The lowest BCUT2D eigenvalue weighted by Gasteiger charge is -2.31. The van der Waals surface area contributed by atoms with Gasteiger partial charge in [-0.2, -0.15) is 10.2 Å².